The van der Waals surface area contributed by atoms with Gasteiger partial charge >= 0.3 is 0 Å². The average molecular weight is 688 g/mol. The van der Waals surface area contributed by atoms with Gasteiger partial charge in [-0.25, -0.2) is 0 Å². The molecular weight excluding hydrogens is 655 g/mol. The Morgan fingerprint density at radius 1 is 0.315 bits per heavy atom. The number of anilines is 3. The van der Waals surface area contributed by atoms with Crippen LogP contribution in [0.4, 0.5) is 17.1 Å². The lowest BCUT2D eigenvalue weighted by molar-refractivity contribution is 0.673. The third kappa shape index (κ3) is 4.81. The van der Waals surface area contributed by atoms with Crippen LogP contribution in [0.2, 0.25) is 0 Å². The van der Waals surface area contributed by atoms with Crippen LogP contribution < -0.4 is 4.90 Å². The van der Waals surface area contributed by atoms with Gasteiger partial charge in [-0.3, -0.25) is 0 Å². The van der Waals surface area contributed by atoms with E-state index in [-0.39, 0.29) is 0 Å². The molecule has 2 heteroatoms. The van der Waals surface area contributed by atoms with Crippen molar-refractivity contribution in [3.63, 3.8) is 0 Å². The van der Waals surface area contributed by atoms with Crippen molar-refractivity contribution in [1.29, 1.82) is 0 Å². The summed E-state index contributed by atoms with van der Waals surface area (Å²) in [6.07, 6.45) is 0. The van der Waals surface area contributed by atoms with Gasteiger partial charge in [0.2, 0.25) is 0 Å². The van der Waals surface area contributed by atoms with Gasteiger partial charge in [-0.2, -0.15) is 0 Å². The van der Waals surface area contributed by atoms with Crippen molar-refractivity contribution >= 4 is 82.1 Å². The fourth-order valence-electron chi connectivity index (χ4n) is 8.46. The Morgan fingerprint density at radius 3 is 1.61 bits per heavy atom. The third-order valence-electron chi connectivity index (χ3n) is 11.0. The first kappa shape index (κ1) is 30.5. The van der Waals surface area contributed by atoms with Crippen molar-refractivity contribution < 1.29 is 4.42 Å². The van der Waals surface area contributed by atoms with E-state index in [2.05, 4.69) is 205 Å². The number of fused-ring (bicyclic) bond motifs is 10. The van der Waals surface area contributed by atoms with Crippen LogP contribution >= 0.6 is 0 Å². The fraction of sp³-hybridized carbons (Fsp3) is 0. The lowest BCUT2D eigenvalue weighted by Crippen LogP contribution is -2.10. The molecule has 0 amide bonds. The number of hydrogen-bond donors (Lipinski definition) is 0. The van der Waals surface area contributed by atoms with Crippen molar-refractivity contribution in [2.45, 2.75) is 0 Å². The van der Waals surface area contributed by atoms with Crippen LogP contribution in [0.15, 0.2) is 205 Å². The molecular formula is C52H33NO. The first-order valence-electron chi connectivity index (χ1n) is 18.5. The normalized spacial score (nSPS) is 11.7. The molecule has 11 aromatic rings. The fourth-order valence-corrected chi connectivity index (χ4v) is 8.46. The van der Waals surface area contributed by atoms with Crippen LogP contribution in [0.3, 0.4) is 0 Å². The van der Waals surface area contributed by atoms with Gasteiger partial charge in [-0.05, 0) is 102 Å². The van der Waals surface area contributed by atoms with Gasteiger partial charge in [0.1, 0.15) is 5.58 Å². The minimum absolute atomic E-state index is 0.868. The zero-order chi connectivity index (χ0) is 35.6. The quantitative estimate of drug-likeness (QED) is 0.168. The lowest BCUT2D eigenvalue weighted by Gasteiger charge is -2.26. The van der Waals surface area contributed by atoms with E-state index in [1.807, 2.05) is 0 Å². The SMILES string of the molecule is c1ccc(-c2ccc(N(c3ccc(-c4cc5ccc6ccccc6c5c5ccccc45)cc3)c3cccc4c3oc3c5ccccc5ccc43)cc2)cc1. The van der Waals surface area contributed by atoms with Crippen molar-refractivity contribution in [2.75, 3.05) is 4.90 Å². The smallest absolute Gasteiger partial charge is 0.159 e. The van der Waals surface area contributed by atoms with Gasteiger partial charge in [0.25, 0.3) is 0 Å². The minimum atomic E-state index is 0.868. The standard InChI is InChI=1S/C52H33NO/c1-2-11-34(12-3-1)35-23-28-40(29-24-35)53(49-20-10-19-46-47-32-27-37-14-5-7-16-43(37)51(47)54-52(46)49)41-30-25-38(26-31-41)48-33-39-22-21-36-13-4-6-15-42(36)50(39)45-18-9-8-17-44(45)48/h1-33H. The van der Waals surface area contributed by atoms with Gasteiger partial charge in [0.05, 0.1) is 5.69 Å². The second-order valence-electron chi connectivity index (χ2n) is 14.1. The maximum absolute atomic E-state index is 6.88. The van der Waals surface area contributed by atoms with Crippen molar-refractivity contribution in [3.05, 3.63) is 200 Å². The second kappa shape index (κ2) is 12.2. The molecule has 0 fully saturated rings. The molecule has 0 radical (unpaired) electrons. The molecule has 10 aromatic carbocycles. The summed E-state index contributed by atoms with van der Waals surface area (Å²) in [7, 11) is 0. The third-order valence-corrected chi connectivity index (χ3v) is 11.0. The molecule has 2 nitrogen and oxygen atoms in total. The molecule has 0 aliphatic rings. The molecule has 11 rings (SSSR count). The molecule has 0 aliphatic heterocycles. The van der Waals surface area contributed by atoms with Crippen molar-refractivity contribution in [3.8, 4) is 22.3 Å². The molecule has 0 unspecified atom stereocenters. The first-order valence-corrected chi connectivity index (χ1v) is 18.5. The second-order valence-corrected chi connectivity index (χ2v) is 14.1. The molecule has 0 atom stereocenters. The van der Waals surface area contributed by atoms with E-state index in [0.717, 1.165) is 44.4 Å². The van der Waals surface area contributed by atoms with Crippen LogP contribution in [0, 0.1) is 0 Å². The molecule has 0 saturated heterocycles. The van der Waals surface area contributed by atoms with Gasteiger partial charge in [-0.1, -0.05) is 158 Å². The number of hydrogen-bond acceptors (Lipinski definition) is 2. The minimum Gasteiger partial charge on any atom is -0.453 e. The highest BCUT2D eigenvalue weighted by Crippen LogP contribution is 2.45. The van der Waals surface area contributed by atoms with Crippen LogP contribution in [0.1, 0.15) is 0 Å². The Bertz CT molecular complexity index is 3190. The molecule has 0 saturated carbocycles. The molecule has 0 N–H and O–H groups in total. The van der Waals surface area contributed by atoms with E-state index < -0.39 is 0 Å². The van der Waals surface area contributed by atoms with E-state index in [9.17, 15) is 0 Å². The number of nitrogens with zero attached hydrogens (tertiary/aromatic N) is 1. The summed E-state index contributed by atoms with van der Waals surface area (Å²) in [6.45, 7) is 0. The summed E-state index contributed by atoms with van der Waals surface area (Å²) in [6, 6.07) is 72.1. The van der Waals surface area contributed by atoms with Gasteiger partial charge in [0.15, 0.2) is 5.58 Å². The van der Waals surface area contributed by atoms with E-state index in [1.54, 1.807) is 0 Å². The molecule has 54 heavy (non-hydrogen) atoms. The van der Waals surface area contributed by atoms with Crippen LogP contribution in [-0.2, 0) is 0 Å². The van der Waals surface area contributed by atoms with E-state index in [4.69, 9.17) is 4.42 Å². The summed E-state index contributed by atoms with van der Waals surface area (Å²) in [4.78, 5) is 2.33. The predicted molar refractivity (Wildman–Crippen MR) is 229 cm³/mol. The van der Waals surface area contributed by atoms with Crippen LogP contribution in [-0.4, -0.2) is 0 Å². The van der Waals surface area contributed by atoms with Gasteiger partial charge in [-0.15, -0.1) is 0 Å². The maximum Gasteiger partial charge on any atom is 0.159 e. The van der Waals surface area contributed by atoms with E-state index in [1.165, 1.54) is 60.0 Å². The average Bonchev–Trinajstić information content (AvgIpc) is 3.64. The Morgan fingerprint density at radius 2 is 0.852 bits per heavy atom. The molecule has 1 heterocycles. The maximum atomic E-state index is 6.88. The topological polar surface area (TPSA) is 16.4 Å². The predicted octanol–water partition coefficient (Wildman–Crippen LogP) is 15.0. The highest BCUT2D eigenvalue weighted by Gasteiger charge is 2.21. The zero-order valence-corrected chi connectivity index (χ0v) is 29.4. The highest BCUT2D eigenvalue weighted by molar-refractivity contribution is 6.23. The van der Waals surface area contributed by atoms with E-state index in [0.29, 0.717) is 0 Å². The zero-order valence-electron chi connectivity index (χ0n) is 29.4. The summed E-state index contributed by atoms with van der Waals surface area (Å²) < 4.78 is 6.88. The van der Waals surface area contributed by atoms with Gasteiger partial charge < -0.3 is 9.32 Å². The Labute approximate surface area is 312 Å². The number of benzene rings is 10. The molecule has 0 aliphatic carbocycles. The summed E-state index contributed by atoms with van der Waals surface area (Å²) >= 11 is 0. The summed E-state index contributed by atoms with van der Waals surface area (Å²) in [5.41, 5.74) is 9.68. The molecule has 252 valence electrons. The van der Waals surface area contributed by atoms with Crippen LogP contribution in [0.5, 0.6) is 0 Å². The largest absolute Gasteiger partial charge is 0.453 e. The Kier molecular flexibility index (Phi) is 6.90. The Hall–Kier alpha value is -7.16. The number of para-hydroxylation sites is 1. The molecule has 0 bridgehead atoms. The molecule has 1 aromatic heterocycles. The van der Waals surface area contributed by atoms with E-state index >= 15 is 0 Å². The molecule has 0 spiro atoms. The summed E-state index contributed by atoms with van der Waals surface area (Å²) in [5.74, 6) is 0. The number of furan rings is 1. The summed E-state index contributed by atoms with van der Waals surface area (Å²) in [5, 5.41) is 12.1. The Balaban J connectivity index is 1.09. The van der Waals surface area contributed by atoms with Crippen molar-refractivity contribution in [1.82, 2.24) is 0 Å². The first-order chi connectivity index (χ1) is 26.8. The monoisotopic (exact) mass is 687 g/mol. The van der Waals surface area contributed by atoms with Gasteiger partial charge in [0, 0.05) is 27.5 Å². The van der Waals surface area contributed by atoms with Crippen molar-refractivity contribution in [2.24, 2.45) is 0 Å². The number of rotatable bonds is 5. The van der Waals surface area contributed by atoms with Crippen LogP contribution in [0.25, 0.3) is 87.3 Å². The highest BCUT2D eigenvalue weighted by atomic mass is 16.3. The lowest BCUT2D eigenvalue weighted by atomic mass is 9.90.